The third-order valence-electron chi connectivity index (χ3n) is 4.83. The van der Waals surface area contributed by atoms with Crippen molar-refractivity contribution in [1.82, 2.24) is 4.90 Å². The Labute approximate surface area is 117 Å². The van der Waals surface area contributed by atoms with E-state index >= 15 is 0 Å². The third-order valence-corrected chi connectivity index (χ3v) is 4.83. The molecular formula is C16H30N2O. The summed E-state index contributed by atoms with van der Waals surface area (Å²) in [5, 5.41) is 0. The number of amides is 1. The van der Waals surface area contributed by atoms with Crippen molar-refractivity contribution in [3.8, 4) is 0 Å². The zero-order valence-electron chi connectivity index (χ0n) is 12.6. The predicted molar refractivity (Wildman–Crippen MR) is 78.8 cm³/mol. The average molecular weight is 266 g/mol. The van der Waals surface area contributed by atoms with Gasteiger partial charge < -0.3 is 10.6 Å². The lowest BCUT2D eigenvalue weighted by Gasteiger charge is -2.37. The number of hydrogen-bond donors (Lipinski definition) is 1. The Morgan fingerprint density at radius 3 is 2.11 bits per heavy atom. The van der Waals surface area contributed by atoms with Gasteiger partial charge in [-0.2, -0.15) is 0 Å². The van der Waals surface area contributed by atoms with Gasteiger partial charge in [-0.15, -0.1) is 0 Å². The molecule has 0 aromatic carbocycles. The molecule has 2 N–H and O–H groups in total. The average Bonchev–Trinajstić information content (AvgIpc) is 3.22. The molecular weight excluding hydrogens is 236 g/mol. The number of rotatable bonds is 6. The van der Waals surface area contributed by atoms with Gasteiger partial charge in [0.15, 0.2) is 0 Å². The lowest BCUT2D eigenvalue weighted by Crippen LogP contribution is -2.44. The first kappa shape index (κ1) is 14.8. The molecule has 2 saturated carbocycles. The number of nitrogens with two attached hydrogens (primary N) is 1. The predicted octanol–water partition coefficient (Wildman–Crippen LogP) is 3.07. The summed E-state index contributed by atoms with van der Waals surface area (Å²) in [4.78, 5) is 14.7. The van der Waals surface area contributed by atoms with E-state index in [1.54, 1.807) is 0 Å². The second-order valence-electron chi connectivity index (χ2n) is 6.63. The minimum atomic E-state index is 0.140. The Morgan fingerprint density at radius 2 is 1.68 bits per heavy atom. The van der Waals surface area contributed by atoms with Crippen LogP contribution in [0.15, 0.2) is 0 Å². The van der Waals surface area contributed by atoms with Crippen LogP contribution in [0.4, 0.5) is 0 Å². The van der Waals surface area contributed by atoms with Crippen LogP contribution in [-0.2, 0) is 4.79 Å². The summed E-state index contributed by atoms with van der Waals surface area (Å²) in [5.41, 5.74) is 5.78. The fraction of sp³-hybridized carbons (Fsp3) is 0.938. The van der Waals surface area contributed by atoms with Gasteiger partial charge in [-0.25, -0.2) is 0 Å². The molecule has 3 nitrogen and oxygen atoms in total. The number of hydrogen-bond acceptors (Lipinski definition) is 2. The summed E-state index contributed by atoms with van der Waals surface area (Å²) < 4.78 is 0. The summed E-state index contributed by atoms with van der Waals surface area (Å²) in [6, 6.07) is 1.22. The van der Waals surface area contributed by atoms with Crippen LogP contribution in [0.1, 0.15) is 71.6 Å². The molecule has 0 spiro atoms. The highest BCUT2D eigenvalue weighted by atomic mass is 16.2. The SMILES string of the molecule is CCC1CCC(N(C(=O)CCC(C)N)C2CC2)CC1. The zero-order chi connectivity index (χ0) is 13.8. The fourth-order valence-electron chi connectivity index (χ4n) is 3.37. The molecule has 1 amide bonds. The normalized spacial score (nSPS) is 29.0. The van der Waals surface area contributed by atoms with E-state index in [0.29, 0.717) is 24.4 Å². The minimum Gasteiger partial charge on any atom is -0.337 e. The number of carbonyl (C=O) groups is 1. The lowest BCUT2D eigenvalue weighted by molar-refractivity contribution is -0.135. The molecule has 1 atom stereocenters. The summed E-state index contributed by atoms with van der Waals surface area (Å²) in [7, 11) is 0. The molecule has 3 heteroatoms. The molecule has 1 unspecified atom stereocenters. The fourth-order valence-corrected chi connectivity index (χ4v) is 3.37. The summed E-state index contributed by atoms with van der Waals surface area (Å²) in [5.74, 6) is 1.26. The molecule has 2 aliphatic rings. The smallest absolute Gasteiger partial charge is 0.223 e. The number of carbonyl (C=O) groups excluding carboxylic acids is 1. The Kier molecular flexibility index (Phi) is 5.26. The van der Waals surface area contributed by atoms with E-state index in [1.165, 1.54) is 44.9 Å². The Bertz CT molecular complexity index is 291. The largest absolute Gasteiger partial charge is 0.337 e. The minimum absolute atomic E-state index is 0.140. The van der Waals surface area contributed by atoms with Crippen molar-refractivity contribution in [1.29, 1.82) is 0 Å². The maximum Gasteiger partial charge on any atom is 0.223 e. The molecule has 0 radical (unpaired) electrons. The molecule has 0 heterocycles. The Morgan fingerprint density at radius 1 is 1.16 bits per heavy atom. The topological polar surface area (TPSA) is 46.3 Å². The van der Waals surface area contributed by atoms with Crippen molar-refractivity contribution in [2.75, 3.05) is 0 Å². The number of nitrogens with zero attached hydrogens (tertiary/aromatic N) is 1. The maximum absolute atomic E-state index is 12.4. The van der Waals surface area contributed by atoms with Gasteiger partial charge in [-0.3, -0.25) is 4.79 Å². The van der Waals surface area contributed by atoms with Crippen LogP contribution in [-0.4, -0.2) is 28.9 Å². The van der Waals surface area contributed by atoms with Crippen molar-refractivity contribution in [3.63, 3.8) is 0 Å². The Hall–Kier alpha value is -0.570. The first-order valence-corrected chi connectivity index (χ1v) is 8.18. The second kappa shape index (κ2) is 6.74. The molecule has 2 fully saturated rings. The molecule has 110 valence electrons. The van der Waals surface area contributed by atoms with Crippen molar-refractivity contribution in [3.05, 3.63) is 0 Å². The van der Waals surface area contributed by atoms with Crippen molar-refractivity contribution in [2.24, 2.45) is 11.7 Å². The first-order chi connectivity index (χ1) is 9.11. The molecule has 2 rings (SSSR count). The van der Waals surface area contributed by atoms with Gasteiger partial charge in [-0.05, 0) is 57.8 Å². The molecule has 0 bridgehead atoms. The lowest BCUT2D eigenvalue weighted by atomic mass is 9.83. The highest BCUT2D eigenvalue weighted by Crippen LogP contribution is 2.36. The quantitative estimate of drug-likeness (QED) is 0.803. The highest BCUT2D eigenvalue weighted by Gasteiger charge is 2.38. The maximum atomic E-state index is 12.4. The highest BCUT2D eigenvalue weighted by molar-refractivity contribution is 5.77. The van der Waals surface area contributed by atoms with E-state index in [4.69, 9.17) is 5.73 Å². The van der Waals surface area contributed by atoms with Crippen molar-refractivity contribution in [2.45, 2.75) is 89.8 Å². The van der Waals surface area contributed by atoms with E-state index in [1.807, 2.05) is 6.92 Å². The first-order valence-electron chi connectivity index (χ1n) is 8.18. The summed E-state index contributed by atoms with van der Waals surface area (Å²) in [6.07, 6.45) is 10.3. The molecule has 0 saturated heterocycles. The van der Waals surface area contributed by atoms with E-state index < -0.39 is 0 Å². The van der Waals surface area contributed by atoms with Crippen LogP contribution in [0.25, 0.3) is 0 Å². The molecule has 0 aromatic heterocycles. The summed E-state index contributed by atoms with van der Waals surface area (Å²) >= 11 is 0. The van der Waals surface area contributed by atoms with Gasteiger partial charge in [0.1, 0.15) is 0 Å². The molecule has 2 aliphatic carbocycles. The molecule has 19 heavy (non-hydrogen) atoms. The van der Waals surface area contributed by atoms with E-state index in [-0.39, 0.29) is 6.04 Å². The van der Waals surface area contributed by atoms with Gasteiger partial charge in [0, 0.05) is 24.5 Å². The van der Waals surface area contributed by atoms with E-state index in [9.17, 15) is 4.79 Å². The van der Waals surface area contributed by atoms with Crippen LogP contribution in [0.5, 0.6) is 0 Å². The summed E-state index contributed by atoms with van der Waals surface area (Å²) in [6.45, 7) is 4.28. The van der Waals surface area contributed by atoms with Gasteiger partial charge in [0.25, 0.3) is 0 Å². The van der Waals surface area contributed by atoms with E-state index in [2.05, 4.69) is 11.8 Å². The Balaban J connectivity index is 1.87. The standard InChI is InChI=1S/C16H30N2O/c1-3-13-5-7-14(8-6-13)18(15-9-10-15)16(19)11-4-12(2)17/h12-15H,3-11,17H2,1-2H3. The molecule has 0 aliphatic heterocycles. The van der Waals surface area contributed by atoms with Crippen LogP contribution < -0.4 is 5.73 Å². The van der Waals surface area contributed by atoms with Crippen molar-refractivity contribution >= 4 is 5.91 Å². The monoisotopic (exact) mass is 266 g/mol. The van der Waals surface area contributed by atoms with Crippen LogP contribution in [0.2, 0.25) is 0 Å². The van der Waals surface area contributed by atoms with Crippen molar-refractivity contribution < 1.29 is 4.79 Å². The van der Waals surface area contributed by atoms with E-state index in [0.717, 1.165) is 12.3 Å². The van der Waals surface area contributed by atoms with Crippen LogP contribution in [0.3, 0.4) is 0 Å². The second-order valence-corrected chi connectivity index (χ2v) is 6.63. The van der Waals surface area contributed by atoms with Gasteiger partial charge >= 0.3 is 0 Å². The zero-order valence-corrected chi connectivity index (χ0v) is 12.6. The van der Waals surface area contributed by atoms with Gasteiger partial charge in [0.05, 0.1) is 0 Å². The van der Waals surface area contributed by atoms with Crippen LogP contribution >= 0.6 is 0 Å². The van der Waals surface area contributed by atoms with Crippen LogP contribution in [0, 0.1) is 5.92 Å². The third kappa shape index (κ3) is 4.20. The molecule has 0 aromatic rings. The van der Waals surface area contributed by atoms with Gasteiger partial charge in [0.2, 0.25) is 5.91 Å². The van der Waals surface area contributed by atoms with Gasteiger partial charge in [-0.1, -0.05) is 13.3 Å².